The van der Waals surface area contributed by atoms with Crippen molar-refractivity contribution in [2.75, 3.05) is 5.73 Å². The van der Waals surface area contributed by atoms with E-state index >= 15 is 0 Å². The van der Waals surface area contributed by atoms with Crippen LogP contribution in [0.15, 0.2) is 31.8 Å². The highest BCUT2D eigenvalue weighted by atomic mass is 35.5. The fourth-order valence-corrected chi connectivity index (χ4v) is 2.58. The topological polar surface area (TPSA) is 93.8 Å². The number of aryl methyl sites for hydroxylation is 2. The number of H-pyrrole nitrogens is 1. The third kappa shape index (κ3) is 2.82. The number of nitrogens with zero attached hydrogens (tertiary/aromatic N) is 2. The van der Waals surface area contributed by atoms with Crippen LogP contribution < -0.4 is 16.9 Å². The Bertz CT molecular complexity index is 753. The van der Waals surface area contributed by atoms with E-state index in [1.165, 1.54) is 16.4 Å². The largest absolute Gasteiger partial charge is 0.398 e. The maximum absolute atomic E-state index is 11.3. The van der Waals surface area contributed by atoms with Crippen LogP contribution in [-0.4, -0.2) is 14.8 Å². The predicted molar refractivity (Wildman–Crippen MR) is 74.8 cm³/mol. The van der Waals surface area contributed by atoms with Gasteiger partial charge in [0.1, 0.15) is 0 Å². The Morgan fingerprint density at radius 2 is 2.11 bits per heavy atom. The lowest BCUT2D eigenvalue weighted by Gasteiger charge is -2.09. The summed E-state index contributed by atoms with van der Waals surface area (Å²) in [5.74, 6) is 0. The van der Waals surface area contributed by atoms with Crippen molar-refractivity contribution < 1.29 is 0 Å². The highest BCUT2D eigenvalue weighted by Gasteiger charge is 2.10. The number of aromatic amines is 1. The van der Waals surface area contributed by atoms with Crippen molar-refractivity contribution in [2.24, 2.45) is 7.05 Å². The molecule has 0 aliphatic carbocycles. The van der Waals surface area contributed by atoms with Crippen LogP contribution in [0.2, 0.25) is 5.02 Å². The van der Waals surface area contributed by atoms with Crippen molar-refractivity contribution in [1.82, 2.24) is 14.8 Å². The normalized spacial score (nSPS) is 10.7. The Morgan fingerprint density at radius 3 is 2.79 bits per heavy atom. The molecule has 3 N–H and O–H groups in total. The number of anilines is 1. The lowest BCUT2D eigenvalue weighted by atomic mass is 10.2. The minimum atomic E-state index is -0.820. The smallest absolute Gasteiger partial charge is 0.339 e. The number of halogens is 1. The molecule has 0 fully saturated rings. The van der Waals surface area contributed by atoms with Crippen LogP contribution in [-0.2, 0) is 7.05 Å². The maximum Gasteiger partial charge on any atom is 0.339 e. The third-order valence-corrected chi connectivity index (χ3v) is 3.98. The van der Waals surface area contributed by atoms with Gasteiger partial charge in [-0.15, -0.1) is 0 Å². The van der Waals surface area contributed by atoms with Gasteiger partial charge in [-0.05, 0) is 36.4 Å². The second kappa shape index (κ2) is 5.10. The summed E-state index contributed by atoms with van der Waals surface area (Å²) >= 11 is 7.19. The van der Waals surface area contributed by atoms with Crippen LogP contribution >= 0.6 is 23.4 Å². The molecule has 2 rings (SSSR count). The number of rotatable bonds is 2. The quantitative estimate of drug-likeness (QED) is 0.641. The molecule has 2 aromatic rings. The highest BCUT2D eigenvalue weighted by molar-refractivity contribution is 7.99. The van der Waals surface area contributed by atoms with Gasteiger partial charge >= 0.3 is 11.1 Å². The zero-order chi connectivity index (χ0) is 14.2. The average molecular weight is 299 g/mol. The monoisotopic (exact) mass is 298 g/mol. The summed E-state index contributed by atoms with van der Waals surface area (Å²) in [5, 5.41) is 3.18. The van der Waals surface area contributed by atoms with Crippen LogP contribution in [0.3, 0.4) is 0 Å². The van der Waals surface area contributed by atoms with E-state index in [1.54, 1.807) is 19.2 Å². The molecule has 0 amide bonds. The molecule has 8 heteroatoms. The molecule has 0 saturated carbocycles. The molecule has 0 saturated heterocycles. The first-order valence-corrected chi connectivity index (χ1v) is 6.48. The number of hydrogen-bond acceptors (Lipinski definition) is 5. The molecular formula is C11H11ClN4O2S. The van der Waals surface area contributed by atoms with Gasteiger partial charge in [0.25, 0.3) is 0 Å². The van der Waals surface area contributed by atoms with E-state index in [0.29, 0.717) is 15.9 Å². The van der Waals surface area contributed by atoms with Crippen LogP contribution in [0.4, 0.5) is 5.69 Å². The molecule has 6 nitrogen and oxygen atoms in total. The van der Waals surface area contributed by atoms with Crippen LogP contribution in [0, 0.1) is 6.92 Å². The van der Waals surface area contributed by atoms with E-state index in [0.717, 1.165) is 10.5 Å². The molecule has 0 atom stereocenters. The Hall–Kier alpha value is -1.73. The number of nitrogens with one attached hydrogen (secondary N) is 1. The molecule has 100 valence electrons. The minimum absolute atomic E-state index is 0.369. The molecule has 0 unspecified atom stereocenters. The Kier molecular flexibility index (Phi) is 3.68. The molecule has 1 heterocycles. The standard InChI is InChI=1S/C11H11ClN4O2S/c1-5-3-7(13)6(12)4-8(5)19-11-14-9(17)10(18)15-16(11)2/h3-4H,13H2,1-2H3,(H,15,18). The zero-order valence-electron chi connectivity index (χ0n) is 10.2. The van der Waals surface area contributed by atoms with Crippen molar-refractivity contribution >= 4 is 29.1 Å². The van der Waals surface area contributed by atoms with Gasteiger partial charge in [0.15, 0.2) is 5.16 Å². The van der Waals surface area contributed by atoms with Crippen molar-refractivity contribution in [3.63, 3.8) is 0 Å². The summed E-state index contributed by atoms with van der Waals surface area (Å²) < 4.78 is 1.39. The molecular weight excluding hydrogens is 288 g/mol. The molecule has 0 aliphatic heterocycles. The Balaban J connectivity index is 2.47. The molecule has 1 aromatic heterocycles. The molecule has 0 aliphatic rings. The van der Waals surface area contributed by atoms with Gasteiger partial charge in [-0.3, -0.25) is 19.4 Å². The van der Waals surface area contributed by atoms with Crippen LogP contribution in [0.5, 0.6) is 0 Å². The molecule has 19 heavy (non-hydrogen) atoms. The minimum Gasteiger partial charge on any atom is -0.398 e. The molecule has 1 aromatic carbocycles. The summed E-state index contributed by atoms with van der Waals surface area (Å²) in [4.78, 5) is 26.9. The fraction of sp³-hybridized carbons (Fsp3) is 0.182. The first-order valence-electron chi connectivity index (χ1n) is 5.29. The van der Waals surface area contributed by atoms with E-state index in [-0.39, 0.29) is 0 Å². The molecule has 0 bridgehead atoms. The number of aromatic nitrogens is 3. The maximum atomic E-state index is 11.3. The third-order valence-electron chi connectivity index (χ3n) is 2.44. The lowest BCUT2D eigenvalue weighted by molar-refractivity contribution is 0.596. The van der Waals surface area contributed by atoms with Crippen molar-refractivity contribution in [3.8, 4) is 0 Å². The first kappa shape index (κ1) is 13.7. The highest BCUT2D eigenvalue weighted by Crippen LogP contribution is 2.32. The predicted octanol–water partition coefficient (Wildman–Crippen LogP) is 1.16. The number of nitrogen functional groups attached to an aromatic ring is 1. The van der Waals surface area contributed by atoms with E-state index in [1.807, 2.05) is 6.92 Å². The van der Waals surface area contributed by atoms with E-state index < -0.39 is 11.1 Å². The number of hydrogen-bond donors (Lipinski definition) is 2. The number of nitrogens with two attached hydrogens (primary N) is 1. The van der Waals surface area contributed by atoms with Gasteiger partial charge in [0.2, 0.25) is 0 Å². The Labute approximate surface area is 117 Å². The lowest BCUT2D eigenvalue weighted by Crippen LogP contribution is -2.33. The van der Waals surface area contributed by atoms with Crippen molar-refractivity contribution in [2.45, 2.75) is 17.0 Å². The summed E-state index contributed by atoms with van der Waals surface area (Å²) in [6.07, 6.45) is 0. The Morgan fingerprint density at radius 1 is 1.42 bits per heavy atom. The SMILES string of the molecule is Cc1cc(N)c(Cl)cc1Sc1nc(=O)c(=O)[nH]n1C. The summed E-state index contributed by atoms with van der Waals surface area (Å²) in [6, 6.07) is 3.45. The summed E-state index contributed by atoms with van der Waals surface area (Å²) in [7, 11) is 1.60. The summed E-state index contributed by atoms with van der Waals surface area (Å²) in [6.45, 7) is 1.87. The molecule has 0 radical (unpaired) electrons. The van der Waals surface area contributed by atoms with Crippen LogP contribution in [0.25, 0.3) is 0 Å². The average Bonchev–Trinajstić information content (AvgIpc) is 2.32. The van der Waals surface area contributed by atoms with Crippen molar-refractivity contribution in [3.05, 3.63) is 43.4 Å². The first-order chi connectivity index (χ1) is 8.88. The van der Waals surface area contributed by atoms with Gasteiger partial charge < -0.3 is 5.73 Å². The van der Waals surface area contributed by atoms with Crippen LogP contribution in [0.1, 0.15) is 5.56 Å². The van der Waals surface area contributed by atoms with E-state index in [4.69, 9.17) is 17.3 Å². The fourth-order valence-electron chi connectivity index (χ4n) is 1.45. The molecule has 0 spiro atoms. The van der Waals surface area contributed by atoms with E-state index in [2.05, 4.69) is 10.1 Å². The van der Waals surface area contributed by atoms with Gasteiger partial charge in [0.05, 0.1) is 10.7 Å². The van der Waals surface area contributed by atoms with Crippen molar-refractivity contribution in [1.29, 1.82) is 0 Å². The van der Waals surface area contributed by atoms with Gasteiger partial charge in [0, 0.05) is 11.9 Å². The van der Waals surface area contributed by atoms with E-state index in [9.17, 15) is 9.59 Å². The second-order valence-electron chi connectivity index (χ2n) is 3.94. The van der Waals surface area contributed by atoms with Gasteiger partial charge in [-0.25, -0.2) is 0 Å². The van der Waals surface area contributed by atoms with Gasteiger partial charge in [-0.2, -0.15) is 4.98 Å². The van der Waals surface area contributed by atoms with Gasteiger partial charge in [-0.1, -0.05) is 11.6 Å². The zero-order valence-corrected chi connectivity index (χ0v) is 11.8. The number of benzene rings is 1. The second-order valence-corrected chi connectivity index (χ2v) is 5.36. The summed E-state index contributed by atoms with van der Waals surface area (Å²) in [5.41, 5.74) is 5.53.